The SMILES string of the molecule is CSN1[CH-]N(SC)CC1.[CH-]=Cc1cc(F)ccc1NCC(=O)OC(C)C.[Ru+2]. The predicted molar refractivity (Wildman–Crippen MR) is 110 cm³/mol. The second-order valence-electron chi connectivity index (χ2n) is 5.55. The third-order valence-corrected chi connectivity index (χ3v) is 4.74. The van der Waals surface area contributed by atoms with Gasteiger partial charge in [-0.3, -0.25) is 11.4 Å². The topological polar surface area (TPSA) is 44.8 Å². The van der Waals surface area contributed by atoms with E-state index in [1.165, 1.54) is 24.3 Å². The second-order valence-corrected chi connectivity index (χ2v) is 7.22. The van der Waals surface area contributed by atoms with Gasteiger partial charge >= 0.3 is 25.4 Å². The maximum absolute atomic E-state index is 12.9. The third kappa shape index (κ3) is 10.5. The average molecular weight is 501 g/mol. The van der Waals surface area contributed by atoms with Crippen molar-refractivity contribution >= 4 is 41.6 Å². The van der Waals surface area contributed by atoms with Gasteiger partial charge in [0.25, 0.3) is 0 Å². The summed E-state index contributed by atoms with van der Waals surface area (Å²) in [6, 6.07) is 4.11. The molecule has 0 spiro atoms. The van der Waals surface area contributed by atoms with Gasteiger partial charge in [-0.15, -0.1) is 29.5 Å². The van der Waals surface area contributed by atoms with E-state index in [0.29, 0.717) is 11.3 Å². The van der Waals surface area contributed by atoms with Crippen LogP contribution in [0.25, 0.3) is 6.08 Å². The number of rotatable bonds is 7. The van der Waals surface area contributed by atoms with E-state index in [0.717, 1.165) is 13.1 Å². The van der Waals surface area contributed by atoms with Gasteiger partial charge in [-0.1, -0.05) is 12.1 Å². The van der Waals surface area contributed by atoms with Crippen molar-refractivity contribution in [3.05, 3.63) is 42.8 Å². The zero-order chi connectivity index (χ0) is 19.5. The van der Waals surface area contributed by atoms with Crippen molar-refractivity contribution in [1.29, 1.82) is 0 Å². The van der Waals surface area contributed by atoms with Crippen molar-refractivity contribution < 1.29 is 33.4 Å². The summed E-state index contributed by atoms with van der Waals surface area (Å²) in [5.74, 6) is -0.746. The van der Waals surface area contributed by atoms with Gasteiger partial charge in [-0.2, -0.15) is 6.67 Å². The van der Waals surface area contributed by atoms with Gasteiger partial charge < -0.3 is 18.7 Å². The fraction of sp³-hybridized carbons (Fsp3) is 0.444. The van der Waals surface area contributed by atoms with E-state index < -0.39 is 0 Å². The molecule has 1 saturated heterocycles. The molecule has 1 aromatic carbocycles. The fourth-order valence-electron chi connectivity index (χ4n) is 2.04. The van der Waals surface area contributed by atoms with E-state index in [-0.39, 0.29) is 43.9 Å². The Labute approximate surface area is 183 Å². The summed E-state index contributed by atoms with van der Waals surface area (Å²) < 4.78 is 22.3. The second kappa shape index (κ2) is 14.4. The maximum atomic E-state index is 12.9. The Hall–Kier alpha value is -0.597. The molecule has 1 N–H and O–H groups in total. The number of carbonyl (C=O) groups excluding carboxylic acids is 1. The Balaban J connectivity index is 0.000000572. The normalized spacial score (nSPS) is 14.1. The van der Waals surface area contributed by atoms with E-state index in [1.54, 1.807) is 37.7 Å². The number of hydrogen-bond donors (Lipinski definition) is 1. The van der Waals surface area contributed by atoms with Crippen LogP contribution < -0.4 is 5.32 Å². The van der Waals surface area contributed by atoms with Gasteiger partial charge in [0.2, 0.25) is 0 Å². The summed E-state index contributed by atoms with van der Waals surface area (Å²) in [4.78, 5) is 11.3. The number of anilines is 1. The van der Waals surface area contributed by atoms with Gasteiger partial charge in [0.15, 0.2) is 0 Å². The van der Waals surface area contributed by atoms with Crippen LogP contribution in [0.5, 0.6) is 0 Å². The first kappa shape index (κ1) is 26.4. The summed E-state index contributed by atoms with van der Waals surface area (Å²) >= 11 is 3.55. The first-order chi connectivity index (χ1) is 12.4. The van der Waals surface area contributed by atoms with E-state index in [1.807, 2.05) is 0 Å². The Morgan fingerprint density at radius 3 is 2.41 bits per heavy atom. The molecule has 27 heavy (non-hydrogen) atoms. The van der Waals surface area contributed by atoms with Crippen molar-refractivity contribution in [1.82, 2.24) is 8.61 Å². The Kier molecular flexibility index (Phi) is 14.1. The molecule has 0 bridgehead atoms. The number of hydrogen-bond acceptors (Lipinski definition) is 7. The zero-order valence-electron chi connectivity index (χ0n) is 15.9. The number of halogens is 1. The summed E-state index contributed by atoms with van der Waals surface area (Å²) in [5.41, 5.74) is 1.09. The molecule has 0 aliphatic carbocycles. The van der Waals surface area contributed by atoms with Gasteiger partial charge in [-0.05, 0) is 51.2 Å². The summed E-state index contributed by atoms with van der Waals surface area (Å²) in [6.07, 6.45) is 5.32. The molecule has 0 unspecified atom stereocenters. The monoisotopic (exact) mass is 501 g/mol. The summed E-state index contributed by atoms with van der Waals surface area (Å²) in [6.45, 7) is 13.4. The smallest absolute Gasteiger partial charge is 0.462 e. The van der Waals surface area contributed by atoms with Crippen LogP contribution in [0.2, 0.25) is 0 Å². The van der Waals surface area contributed by atoms with E-state index >= 15 is 0 Å². The van der Waals surface area contributed by atoms with Crippen molar-refractivity contribution in [2.75, 3.05) is 37.5 Å². The van der Waals surface area contributed by atoms with Crippen molar-refractivity contribution in [2.45, 2.75) is 20.0 Å². The first-order valence-electron chi connectivity index (χ1n) is 8.14. The number of nitrogens with one attached hydrogen (secondary N) is 1. The van der Waals surface area contributed by atoms with E-state index in [9.17, 15) is 9.18 Å². The van der Waals surface area contributed by atoms with Gasteiger partial charge in [0.1, 0.15) is 12.4 Å². The third-order valence-electron chi connectivity index (χ3n) is 3.25. The molecule has 2 rings (SSSR count). The fourth-order valence-corrected chi connectivity index (χ4v) is 3.04. The molecule has 0 aromatic heterocycles. The largest absolute Gasteiger partial charge is 2.00 e. The van der Waals surface area contributed by atoms with Crippen molar-refractivity contribution in [3.8, 4) is 0 Å². The number of ether oxygens (including phenoxy) is 1. The van der Waals surface area contributed by atoms with Crippen LogP contribution in [0.15, 0.2) is 18.2 Å². The maximum Gasteiger partial charge on any atom is 2.00 e. The molecule has 5 nitrogen and oxygen atoms in total. The molecule has 1 aliphatic heterocycles. The van der Waals surface area contributed by atoms with Crippen LogP contribution in [-0.2, 0) is 29.0 Å². The molecule has 0 amide bonds. The predicted octanol–water partition coefficient (Wildman–Crippen LogP) is 3.91. The van der Waals surface area contributed by atoms with E-state index in [4.69, 9.17) is 11.3 Å². The minimum atomic E-state index is -0.378. The molecule has 152 valence electrons. The minimum absolute atomic E-state index is 0. The molecule has 1 aliphatic rings. The van der Waals surface area contributed by atoms with Gasteiger partial charge in [0.05, 0.1) is 6.10 Å². The molecule has 0 saturated carbocycles. The van der Waals surface area contributed by atoms with Crippen LogP contribution in [0, 0.1) is 19.1 Å². The average Bonchev–Trinajstić information content (AvgIpc) is 3.09. The molecular formula is C18H26FN3O2RuS2. The zero-order valence-corrected chi connectivity index (χ0v) is 19.3. The van der Waals surface area contributed by atoms with Crippen LogP contribution >= 0.6 is 23.9 Å². The quantitative estimate of drug-likeness (QED) is 0.264. The van der Waals surface area contributed by atoms with Crippen molar-refractivity contribution in [2.24, 2.45) is 0 Å². The molecule has 0 atom stereocenters. The van der Waals surface area contributed by atoms with E-state index in [2.05, 4.69) is 33.1 Å². The van der Waals surface area contributed by atoms with Crippen LogP contribution in [-0.4, -0.2) is 52.8 Å². The van der Waals surface area contributed by atoms with Crippen LogP contribution in [0.4, 0.5) is 10.1 Å². The van der Waals surface area contributed by atoms with Gasteiger partial charge in [0, 0.05) is 0 Å². The van der Waals surface area contributed by atoms with Crippen LogP contribution in [0.3, 0.4) is 0 Å². The number of benzene rings is 1. The number of nitrogens with zero attached hydrogens (tertiary/aromatic N) is 2. The minimum Gasteiger partial charge on any atom is -0.462 e. The molecular weight excluding hydrogens is 474 g/mol. The summed E-state index contributed by atoms with van der Waals surface area (Å²) in [7, 11) is 0. The first-order valence-corrected chi connectivity index (χ1v) is 10.5. The number of esters is 1. The molecule has 1 aromatic rings. The standard InChI is InChI=1S/C13H15FNO2.C5H11N2S2.Ru/c1-4-10-7-11(14)5-6-12(10)15-8-13(16)17-9(2)3;1-8-6-3-4-7(5-6)9-2;/h1,4-7,9,15H,8H2,2-3H3;5H,3-4H2,1-2H3;/q2*-1;+2. The summed E-state index contributed by atoms with van der Waals surface area (Å²) in [5, 5.41) is 2.84. The molecule has 1 heterocycles. The Morgan fingerprint density at radius 2 is 1.96 bits per heavy atom. The molecule has 1 fully saturated rings. The number of carbonyl (C=O) groups is 1. The van der Waals surface area contributed by atoms with Crippen molar-refractivity contribution in [3.63, 3.8) is 0 Å². The molecule has 9 heteroatoms. The Bertz CT molecular complexity index is 584. The van der Waals surface area contributed by atoms with Gasteiger partial charge in [-0.25, -0.2) is 10.5 Å². The molecule has 0 radical (unpaired) electrons. The Morgan fingerprint density at radius 1 is 1.37 bits per heavy atom. The van der Waals surface area contributed by atoms with Crippen LogP contribution in [0.1, 0.15) is 19.4 Å².